The molecule has 1 aromatic heterocycles. The maximum atomic E-state index is 11.9. The van der Waals surface area contributed by atoms with Crippen molar-refractivity contribution in [2.75, 3.05) is 18.5 Å². The van der Waals surface area contributed by atoms with Crippen LogP contribution >= 0.6 is 11.3 Å². The fraction of sp³-hybridized carbons (Fsp3) is 0.583. The number of carboxylic acid groups (broad SMARTS) is 1. The van der Waals surface area contributed by atoms with Gasteiger partial charge in [0, 0.05) is 4.88 Å². The molecule has 0 spiro atoms. The molecule has 1 aliphatic heterocycles. The molecule has 1 aromatic rings. The fourth-order valence-electron chi connectivity index (χ4n) is 1.90. The number of carbonyl (C=O) groups is 2. The summed E-state index contributed by atoms with van der Waals surface area (Å²) in [4.78, 5) is 28.4. The van der Waals surface area contributed by atoms with E-state index in [9.17, 15) is 14.7 Å². The standard InChI is InChI=1S/C12H17N3O4S/c1-6-7(2)20-11(13-6)15-10(18)14-8-4-19-5-12(8,3)9(16)17/h8H,4-5H2,1-3H3,(H,16,17)(H2,13,14,15,18). The minimum Gasteiger partial charge on any atom is -0.481 e. The number of ether oxygens (including phenoxy) is 1. The number of anilines is 1. The molecule has 2 unspecified atom stereocenters. The molecule has 2 rings (SSSR count). The number of hydrogen-bond donors (Lipinski definition) is 3. The molecule has 1 aliphatic rings. The second kappa shape index (κ2) is 5.37. The van der Waals surface area contributed by atoms with E-state index in [1.54, 1.807) is 6.92 Å². The summed E-state index contributed by atoms with van der Waals surface area (Å²) in [6.07, 6.45) is 0. The highest BCUT2D eigenvalue weighted by Crippen LogP contribution is 2.29. The number of carbonyl (C=O) groups excluding carboxylic acids is 1. The Morgan fingerprint density at radius 3 is 2.75 bits per heavy atom. The lowest BCUT2D eigenvalue weighted by molar-refractivity contribution is -0.148. The number of aryl methyl sites for hydroxylation is 2. The first-order valence-corrected chi connectivity index (χ1v) is 6.97. The van der Waals surface area contributed by atoms with E-state index in [1.165, 1.54) is 11.3 Å². The van der Waals surface area contributed by atoms with Gasteiger partial charge in [-0.2, -0.15) is 0 Å². The van der Waals surface area contributed by atoms with E-state index in [2.05, 4.69) is 15.6 Å². The predicted molar refractivity (Wildman–Crippen MR) is 74.1 cm³/mol. The van der Waals surface area contributed by atoms with Crippen molar-refractivity contribution < 1.29 is 19.4 Å². The second-order valence-electron chi connectivity index (χ2n) is 5.05. The Morgan fingerprint density at radius 1 is 1.50 bits per heavy atom. The third-order valence-electron chi connectivity index (χ3n) is 3.50. The van der Waals surface area contributed by atoms with Gasteiger partial charge in [-0.1, -0.05) is 0 Å². The molecule has 7 nitrogen and oxygen atoms in total. The average molecular weight is 299 g/mol. The summed E-state index contributed by atoms with van der Waals surface area (Å²) in [6, 6.07) is -1.04. The van der Waals surface area contributed by atoms with Gasteiger partial charge in [0.15, 0.2) is 5.13 Å². The summed E-state index contributed by atoms with van der Waals surface area (Å²) in [5.41, 5.74) is -0.239. The number of aromatic nitrogens is 1. The number of hydrogen-bond acceptors (Lipinski definition) is 5. The van der Waals surface area contributed by atoms with Crippen molar-refractivity contribution >= 4 is 28.5 Å². The highest BCUT2D eigenvalue weighted by molar-refractivity contribution is 7.15. The number of nitrogens with zero attached hydrogens (tertiary/aromatic N) is 1. The van der Waals surface area contributed by atoms with Crippen LogP contribution in [-0.2, 0) is 9.53 Å². The maximum Gasteiger partial charge on any atom is 0.321 e. The Bertz CT molecular complexity index is 525. The Hall–Kier alpha value is -1.67. The summed E-state index contributed by atoms with van der Waals surface area (Å²) in [7, 11) is 0. The summed E-state index contributed by atoms with van der Waals surface area (Å²) >= 11 is 1.38. The molecule has 20 heavy (non-hydrogen) atoms. The molecule has 0 saturated carbocycles. The van der Waals surface area contributed by atoms with Crippen LogP contribution in [0.2, 0.25) is 0 Å². The van der Waals surface area contributed by atoms with Crippen molar-refractivity contribution in [1.29, 1.82) is 0 Å². The van der Waals surface area contributed by atoms with Gasteiger partial charge in [-0.05, 0) is 20.8 Å². The van der Waals surface area contributed by atoms with Crippen LogP contribution in [0, 0.1) is 19.3 Å². The number of urea groups is 1. The first-order chi connectivity index (χ1) is 9.33. The van der Waals surface area contributed by atoms with Crippen molar-refractivity contribution in [3.63, 3.8) is 0 Å². The van der Waals surface area contributed by atoms with Gasteiger partial charge in [-0.15, -0.1) is 11.3 Å². The van der Waals surface area contributed by atoms with E-state index < -0.39 is 23.5 Å². The van der Waals surface area contributed by atoms with E-state index >= 15 is 0 Å². The van der Waals surface area contributed by atoms with Crippen LogP contribution in [-0.4, -0.2) is 41.3 Å². The first kappa shape index (κ1) is 14.7. The number of rotatable bonds is 3. The van der Waals surface area contributed by atoms with Crippen LogP contribution in [0.4, 0.5) is 9.93 Å². The molecule has 1 fully saturated rings. The highest BCUT2D eigenvalue weighted by Gasteiger charge is 2.47. The Morgan fingerprint density at radius 2 is 2.20 bits per heavy atom. The maximum absolute atomic E-state index is 11.9. The van der Waals surface area contributed by atoms with Gasteiger partial charge >= 0.3 is 12.0 Å². The zero-order valence-corrected chi connectivity index (χ0v) is 12.3. The topological polar surface area (TPSA) is 101 Å². The van der Waals surface area contributed by atoms with Gasteiger partial charge in [0.25, 0.3) is 0 Å². The van der Waals surface area contributed by atoms with Gasteiger partial charge in [0.05, 0.1) is 24.9 Å². The molecular formula is C12H17N3O4S. The quantitative estimate of drug-likeness (QED) is 0.782. The predicted octanol–water partition coefficient (Wildman–Crippen LogP) is 1.37. The van der Waals surface area contributed by atoms with E-state index in [0.29, 0.717) is 5.13 Å². The van der Waals surface area contributed by atoms with Gasteiger partial charge in [-0.3, -0.25) is 10.1 Å². The summed E-state index contributed by atoms with van der Waals surface area (Å²) < 4.78 is 5.17. The summed E-state index contributed by atoms with van der Waals surface area (Å²) in [5.74, 6) is -0.985. The molecule has 2 atom stereocenters. The third kappa shape index (κ3) is 2.75. The number of nitrogens with one attached hydrogen (secondary N) is 2. The van der Waals surface area contributed by atoms with E-state index in [1.807, 2.05) is 13.8 Å². The van der Waals surface area contributed by atoms with Crippen molar-refractivity contribution in [2.24, 2.45) is 5.41 Å². The SMILES string of the molecule is Cc1nc(NC(=O)NC2COCC2(C)C(=O)O)sc1C. The molecule has 2 heterocycles. The summed E-state index contributed by atoms with van der Waals surface area (Å²) in [6.45, 7) is 5.61. The number of aliphatic carboxylic acids is 1. The number of carboxylic acids is 1. The van der Waals surface area contributed by atoms with Crippen molar-refractivity contribution in [2.45, 2.75) is 26.8 Å². The monoisotopic (exact) mass is 299 g/mol. The molecule has 0 aromatic carbocycles. The van der Waals surface area contributed by atoms with Crippen LogP contribution in [0.5, 0.6) is 0 Å². The molecule has 3 N–H and O–H groups in total. The lowest BCUT2D eigenvalue weighted by Crippen LogP contribution is -2.50. The van der Waals surface area contributed by atoms with Crippen LogP contribution < -0.4 is 10.6 Å². The van der Waals surface area contributed by atoms with Gasteiger partial charge in [0.1, 0.15) is 5.41 Å². The van der Waals surface area contributed by atoms with E-state index in [-0.39, 0.29) is 13.2 Å². The van der Waals surface area contributed by atoms with Crippen LogP contribution in [0.15, 0.2) is 0 Å². The van der Waals surface area contributed by atoms with Crippen LogP contribution in [0.25, 0.3) is 0 Å². The lowest BCUT2D eigenvalue weighted by atomic mass is 9.85. The Balaban J connectivity index is 1.99. The van der Waals surface area contributed by atoms with Gasteiger partial charge < -0.3 is 15.2 Å². The molecule has 0 radical (unpaired) electrons. The average Bonchev–Trinajstić information content (AvgIpc) is 2.85. The normalized spacial score (nSPS) is 25.4. The molecule has 110 valence electrons. The van der Waals surface area contributed by atoms with Gasteiger partial charge in [0.2, 0.25) is 0 Å². The second-order valence-corrected chi connectivity index (χ2v) is 6.25. The van der Waals surface area contributed by atoms with Gasteiger partial charge in [-0.25, -0.2) is 9.78 Å². The smallest absolute Gasteiger partial charge is 0.321 e. The third-order valence-corrected chi connectivity index (χ3v) is 4.49. The van der Waals surface area contributed by atoms with Crippen LogP contribution in [0.3, 0.4) is 0 Å². The molecule has 0 bridgehead atoms. The molecule has 2 amide bonds. The van der Waals surface area contributed by atoms with E-state index in [4.69, 9.17) is 4.74 Å². The first-order valence-electron chi connectivity index (χ1n) is 6.15. The van der Waals surface area contributed by atoms with Crippen molar-refractivity contribution in [3.8, 4) is 0 Å². The van der Waals surface area contributed by atoms with Crippen LogP contribution in [0.1, 0.15) is 17.5 Å². The fourth-order valence-corrected chi connectivity index (χ4v) is 2.71. The minimum atomic E-state index is -1.11. The number of thiazole rings is 1. The van der Waals surface area contributed by atoms with E-state index in [0.717, 1.165) is 10.6 Å². The molecule has 8 heteroatoms. The zero-order valence-electron chi connectivity index (χ0n) is 11.5. The largest absolute Gasteiger partial charge is 0.481 e. The highest BCUT2D eigenvalue weighted by atomic mass is 32.1. The minimum absolute atomic E-state index is 0.0861. The zero-order chi connectivity index (χ0) is 14.9. The lowest BCUT2D eigenvalue weighted by Gasteiger charge is -2.25. The molecular weight excluding hydrogens is 282 g/mol. The Labute approximate surface area is 120 Å². The Kier molecular flexibility index (Phi) is 3.96. The van der Waals surface area contributed by atoms with Crippen molar-refractivity contribution in [3.05, 3.63) is 10.6 Å². The molecule has 0 aliphatic carbocycles. The molecule has 1 saturated heterocycles. The van der Waals surface area contributed by atoms with Crippen molar-refractivity contribution in [1.82, 2.24) is 10.3 Å². The summed E-state index contributed by atoms with van der Waals surface area (Å²) in [5, 5.41) is 15.0. The number of amides is 2.